The van der Waals surface area contributed by atoms with Gasteiger partial charge in [-0.15, -0.1) is 0 Å². The van der Waals surface area contributed by atoms with Gasteiger partial charge in [-0.25, -0.2) is 8.42 Å². The Hall–Kier alpha value is -2.17. The van der Waals surface area contributed by atoms with Gasteiger partial charge < -0.3 is 14.2 Å². The van der Waals surface area contributed by atoms with Gasteiger partial charge in [0.2, 0.25) is 0 Å². The lowest BCUT2D eigenvalue weighted by Gasteiger charge is -2.15. The molecule has 0 aromatic heterocycles. The zero-order valence-electron chi connectivity index (χ0n) is 14.8. The van der Waals surface area contributed by atoms with Crippen molar-refractivity contribution in [1.29, 1.82) is 0 Å². The van der Waals surface area contributed by atoms with Gasteiger partial charge in [-0.3, -0.25) is 4.72 Å². The molecule has 0 bridgehead atoms. The van der Waals surface area contributed by atoms with Gasteiger partial charge in [0.1, 0.15) is 11.5 Å². The van der Waals surface area contributed by atoms with E-state index >= 15 is 0 Å². The van der Waals surface area contributed by atoms with E-state index in [9.17, 15) is 21.6 Å². The van der Waals surface area contributed by atoms with Crippen molar-refractivity contribution in [3.63, 3.8) is 0 Å². The first-order valence-electron chi connectivity index (χ1n) is 7.78. The Labute approximate surface area is 165 Å². The highest BCUT2D eigenvalue weighted by Crippen LogP contribution is 2.35. The maximum atomic E-state index is 12.9. The zero-order chi connectivity index (χ0) is 20.9. The molecule has 0 saturated carbocycles. The van der Waals surface area contributed by atoms with Crippen LogP contribution in [0, 0.1) is 0 Å². The van der Waals surface area contributed by atoms with E-state index in [2.05, 4.69) is 4.72 Å². The number of methoxy groups -OCH3 is 2. The van der Waals surface area contributed by atoms with Crippen molar-refractivity contribution in [2.45, 2.75) is 11.1 Å². The van der Waals surface area contributed by atoms with E-state index in [4.69, 9.17) is 25.8 Å². The van der Waals surface area contributed by atoms with Crippen molar-refractivity contribution < 1.29 is 35.8 Å². The lowest BCUT2D eigenvalue weighted by Crippen LogP contribution is -2.15. The van der Waals surface area contributed by atoms with E-state index in [0.717, 1.165) is 6.07 Å². The molecule has 11 heteroatoms. The molecular formula is C17H17ClF3NO5S. The molecule has 0 fully saturated rings. The predicted molar refractivity (Wildman–Crippen MR) is 97.6 cm³/mol. The van der Waals surface area contributed by atoms with Gasteiger partial charge in [0.15, 0.2) is 11.5 Å². The number of nitrogens with one attached hydrogen (secondary N) is 1. The SMILES string of the molecule is COCCOc1cc(NS(=O)(=O)c2cc(C(F)(F)F)ccc2Cl)ccc1OC. The van der Waals surface area contributed by atoms with Crippen molar-refractivity contribution in [2.24, 2.45) is 0 Å². The molecule has 1 N–H and O–H groups in total. The van der Waals surface area contributed by atoms with E-state index in [1.165, 1.54) is 32.4 Å². The van der Waals surface area contributed by atoms with Crippen LogP contribution in [0.2, 0.25) is 5.02 Å². The molecule has 2 aromatic carbocycles. The van der Waals surface area contributed by atoms with Crippen LogP contribution in [0.15, 0.2) is 41.3 Å². The summed E-state index contributed by atoms with van der Waals surface area (Å²) in [6.45, 7) is 0.474. The number of benzene rings is 2. The first kappa shape index (κ1) is 22.1. The Morgan fingerprint density at radius 2 is 1.75 bits per heavy atom. The van der Waals surface area contributed by atoms with Crippen LogP contribution in [0.4, 0.5) is 18.9 Å². The minimum atomic E-state index is -4.71. The van der Waals surface area contributed by atoms with Gasteiger partial charge in [0.05, 0.1) is 30.0 Å². The second kappa shape index (κ2) is 8.89. The maximum Gasteiger partial charge on any atom is 0.416 e. The number of sulfonamides is 1. The fourth-order valence-corrected chi connectivity index (χ4v) is 3.76. The minimum absolute atomic E-state index is 0.0571. The summed E-state index contributed by atoms with van der Waals surface area (Å²) in [7, 11) is -1.49. The number of alkyl halides is 3. The summed E-state index contributed by atoms with van der Waals surface area (Å²) in [6.07, 6.45) is -4.71. The molecule has 0 amide bonds. The Morgan fingerprint density at radius 1 is 1.04 bits per heavy atom. The summed E-state index contributed by atoms with van der Waals surface area (Å²) >= 11 is 5.82. The van der Waals surface area contributed by atoms with Crippen LogP contribution >= 0.6 is 11.6 Å². The van der Waals surface area contributed by atoms with Gasteiger partial charge in [-0.1, -0.05) is 11.6 Å². The van der Waals surface area contributed by atoms with Gasteiger partial charge >= 0.3 is 6.18 Å². The fourth-order valence-electron chi connectivity index (χ4n) is 2.18. The minimum Gasteiger partial charge on any atom is -0.493 e. The lowest BCUT2D eigenvalue weighted by molar-refractivity contribution is -0.137. The summed E-state index contributed by atoms with van der Waals surface area (Å²) in [6, 6.07) is 6.23. The van der Waals surface area contributed by atoms with Crippen LogP contribution in [0.5, 0.6) is 11.5 Å². The lowest BCUT2D eigenvalue weighted by atomic mass is 10.2. The van der Waals surface area contributed by atoms with E-state index in [1.54, 1.807) is 0 Å². The molecule has 28 heavy (non-hydrogen) atoms. The topological polar surface area (TPSA) is 73.9 Å². The summed E-state index contributed by atoms with van der Waals surface area (Å²) in [5.74, 6) is 0.575. The zero-order valence-corrected chi connectivity index (χ0v) is 16.4. The van der Waals surface area contributed by atoms with E-state index in [1.807, 2.05) is 0 Å². The monoisotopic (exact) mass is 439 g/mol. The molecule has 6 nitrogen and oxygen atoms in total. The van der Waals surface area contributed by atoms with Crippen LogP contribution < -0.4 is 14.2 Å². The normalized spacial score (nSPS) is 11.9. The highest BCUT2D eigenvalue weighted by molar-refractivity contribution is 7.92. The quantitative estimate of drug-likeness (QED) is 0.624. The molecule has 0 aliphatic rings. The molecule has 0 atom stereocenters. The number of hydrogen-bond donors (Lipinski definition) is 1. The van der Waals surface area contributed by atoms with Crippen molar-refractivity contribution in [3.05, 3.63) is 47.0 Å². The first-order valence-corrected chi connectivity index (χ1v) is 9.64. The Bertz CT molecular complexity index is 935. The van der Waals surface area contributed by atoms with Crippen LogP contribution in [-0.2, 0) is 20.9 Å². The fraction of sp³-hybridized carbons (Fsp3) is 0.294. The molecule has 0 saturated heterocycles. The Kier molecular flexibility index (Phi) is 7.02. The highest BCUT2D eigenvalue weighted by Gasteiger charge is 2.32. The first-order chi connectivity index (χ1) is 13.1. The van der Waals surface area contributed by atoms with Crippen LogP contribution in [0.1, 0.15) is 5.56 Å². The average molecular weight is 440 g/mol. The number of rotatable bonds is 8. The summed E-state index contributed by atoms with van der Waals surface area (Å²) in [5.41, 5.74) is -1.07. The molecule has 0 radical (unpaired) electrons. The van der Waals surface area contributed by atoms with Gasteiger partial charge in [-0.05, 0) is 30.3 Å². The van der Waals surface area contributed by atoms with Gasteiger partial charge in [-0.2, -0.15) is 13.2 Å². The molecule has 154 valence electrons. The molecule has 0 aliphatic carbocycles. The van der Waals surface area contributed by atoms with Crippen molar-refractivity contribution in [3.8, 4) is 11.5 Å². The molecule has 0 heterocycles. The predicted octanol–water partition coefficient (Wildman–Crippen LogP) is 4.19. The molecule has 2 rings (SSSR count). The smallest absolute Gasteiger partial charge is 0.416 e. The number of halogens is 4. The van der Waals surface area contributed by atoms with Crippen LogP contribution in [0.25, 0.3) is 0 Å². The standard InChI is InChI=1S/C17H17ClF3NO5S/c1-25-7-8-27-15-10-12(4-6-14(15)26-2)22-28(23,24)16-9-11(17(19,20)21)3-5-13(16)18/h3-6,9-10,22H,7-8H2,1-2H3. The van der Waals surface area contributed by atoms with E-state index in [-0.39, 0.29) is 23.1 Å². The van der Waals surface area contributed by atoms with Crippen molar-refractivity contribution in [2.75, 3.05) is 32.2 Å². The molecule has 2 aromatic rings. The molecule has 0 spiro atoms. The molecule has 0 unspecified atom stereocenters. The summed E-state index contributed by atoms with van der Waals surface area (Å²) in [5, 5.41) is -0.342. The number of hydrogen-bond acceptors (Lipinski definition) is 5. The second-order valence-corrected chi connectivity index (χ2v) is 7.51. The van der Waals surface area contributed by atoms with Crippen molar-refractivity contribution >= 4 is 27.3 Å². The molecular weight excluding hydrogens is 423 g/mol. The number of ether oxygens (including phenoxy) is 3. The second-order valence-electron chi connectivity index (χ2n) is 5.46. The Balaban J connectivity index is 2.35. The van der Waals surface area contributed by atoms with Gasteiger partial charge in [0, 0.05) is 13.2 Å². The third kappa shape index (κ3) is 5.43. The van der Waals surface area contributed by atoms with Crippen LogP contribution in [0.3, 0.4) is 0 Å². The number of anilines is 1. The van der Waals surface area contributed by atoms with Crippen LogP contribution in [-0.4, -0.2) is 35.9 Å². The summed E-state index contributed by atoms with van der Waals surface area (Å²) in [4.78, 5) is -0.693. The van der Waals surface area contributed by atoms with Crippen molar-refractivity contribution in [1.82, 2.24) is 0 Å². The largest absolute Gasteiger partial charge is 0.493 e. The molecule has 0 aliphatic heterocycles. The third-order valence-corrected chi connectivity index (χ3v) is 5.37. The van der Waals surface area contributed by atoms with E-state index < -0.39 is 26.7 Å². The van der Waals surface area contributed by atoms with Gasteiger partial charge in [0.25, 0.3) is 10.0 Å². The average Bonchev–Trinajstić information content (AvgIpc) is 2.61. The maximum absolute atomic E-state index is 12.9. The van der Waals surface area contributed by atoms with E-state index in [0.29, 0.717) is 24.5 Å². The Morgan fingerprint density at radius 3 is 2.36 bits per heavy atom. The third-order valence-electron chi connectivity index (χ3n) is 3.51. The highest BCUT2D eigenvalue weighted by atomic mass is 35.5. The summed E-state index contributed by atoms with van der Waals surface area (Å²) < 4.78 is 81.5.